The quantitative estimate of drug-likeness (QED) is 0.602. The maximum Gasteiger partial charge on any atom is 0.167 e. The van der Waals surface area contributed by atoms with Gasteiger partial charge in [-0.1, -0.05) is 18.2 Å². The molecule has 18 heavy (non-hydrogen) atoms. The Balaban J connectivity index is 2.36. The summed E-state index contributed by atoms with van der Waals surface area (Å²) < 4.78 is 0. The van der Waals surface area contributed by atoms with Crippen LogP contribution in [-0.4, -0.2) is 18.7 Å². The van der Waals surface area contributed by atoms with E-state index in [1.165, 1.54) is 0 Å². The van der Waals surface area contributed by atoms with Gasteiger partial charge in [-0.25, -0.2) is 0 Å². The van der Waals surface area contributed by atoms with Gasteiger partial charge in [0.05, 0.1) is 0 Å². The Morgan fingerprint density at radius 2 is 2.00 bits per heavy atom. The lowest BCUT2D eigenvalue weighted by molar-refractivity contribution is 0.322. The van der Waals surface area contributed by atoms with Crippen LogP contribution in [0.4, 0.5) is 5.69 Å². The lowest BCUT2D eigenvalue weighted by Gasteiger charge is -2.33. The standard InChI is InChI=1S/C14H13N3O/c1-17-9-11(14(18)12(7-15)8-16)6-10-4-2-3-5-13(10)17/h2-5,11,18H,6,9H2,1H3. The zero-order valence-corrected chi connectivity index (χ0v) is 10.1. The summed E-state index contributed by atoms with van der Waals surface area (Å²) in [6, 6.07) is 11.4. The topological polar surface area (TPSA) is 71.0 Å². The van der Waals surface area contributed by atoms with E-state index >= 15 is 0 Å². The second kappa shape index (κ2) is 4.81. The fourth-order valence-electron chi connectivity index (χ4n) is 2.34. The molecule has 1 atom stereocenters. The number of nitriles is 2. The SMILES string of the molecule is CN1CC(C(O)=C(C#N)C#N)Cc2ccccc21. The van der Waals surface area contributed by atoms with Crippen LogP contribution in [0.5, 0.6) is 0 Å². The van der Waals surface area contributed by atoms with E-state index in [0.29, 0.717) is 13.0 Å². The number of anilines is 1. The van der Waals surface area contributed by atoms with Gasteiger partial charge in [0.2, 0.25) is 0 Å². The van der Waals surface area contributed by atoms with Gasteiger partial charge in [0, 0.05) is 25.2 Å². The second-order valence-corrected chi connectivity index (χ2v) is 4.39. The summed E-state index contributed by atoms with van der Waals surface area (Å²) in [6.45, 7) is 0.607. The first-order valence-corrected chi connectivity index (χ1v) is 5.69. The summed E-state index contributed by atoms with van der Waals surface area (Å²) in [5, 5.41) is 27.6. The molecule has 0 spiro atoms. The Hall–Kier alpha value is -2.46. The normalized spacial score (nSPS) is 17.3. The van der Waals surface area contributed by atoms with Crippen molar-refractivity contribution in [2.24, 2.45) is 5.92 Å². The van der Waals surface area contributed by atoms with Crippen LogP contribution < -0.4 is 4.90 Å². The monoisotopic (exact) mass is 239 g/mol. The number of aliphatic hydroxyl groups is 1. The van der Waals surface area contributed by atoms with Crippen LogP contribution in [0.15, 0.2) is 35.6 Å². The van der Waals surface area contributed by atoms with E-state index in [-0.39, 0.29) is 17.3 Å². The van der Waals surface area contributed by atoms with Crippen LogP contribution in [0.3, 0.4) is 0 Å². The molecule has 1 aromatic rings. The summed E-state index contributed by atoms with van der Waals surface area (Å²) in [7, 11) is 1.94. The van der Waals surface area contributed by atoms with Crippen molar-refractivity contribution < 1.29 is 5.11 Å². The Morgan fingerprint density at radius 3 is 2.67 bits per heavy atom. The van der Waals surface area contributed by atoms with E-state index in [4.69, 9.17) is 10.5 Å². The third-order valence-corrected chi connectivity index (χ3v) is 3.23. The summed E-state index contributed by atoms with van der Waals surface area (Å²) in [5.74, 6) is -0.291. The fourth-order valence-corrected chi connectivity index (χ4v) is 2.34. The smallest absolute Gasteiger partial charge is 0.167 e. The van der Waals surface area contributed by atoms with E-state index in [0.717, 1.165) is 11.3 Å². The zero-order valence-electron chi connectivity index (χ0n) is 10.1. The van der Waals surface area contributed by atoms with E-state index < -0.39 is 0 Å². The highest BCUT2D eigenvalue weighted by Gasteiger charge is 2.26. The first-order chi connectivity index (χ1) is 8.67. The van der Waals surface area contributed by atoms with Crippen molar-refractivity contribution >= 4 is 5.69 Å². The molecule has 1 aliphatic rings. The van der Waals surface area contributed by atoms with E-state index in [2.05, 4.69) is 0 Å². The van der Waals surface area contributed by atoms with Gasteiger partial charge in [0.15, 0.2) is 5.57 Å². The minimum atomic E-state index is -0.195. The van der Waals surface area contributed by atoms with Crippen LogP contribution in [0.25, 0.3) is 0 Å². The fraction of sp³-hybridized carbons (Fsp3) is 0.286. The molecule has 1 aromatic carbocycles. The molecule has 1 aliphatic heterocycles. The van der Waals surface area contributed by atoms with E-state index in [1.54, 1.807) is 12.1 Å². The third-order valence-electron chi connectivity index (χ3n) is 3.23. The summed E-state index contributed by atoms with van der Waals surface area (Å²) in [5.41, 5.74) is 2.07. The molecular weight excluding hydrogens is 226 g/mol. The highest BCUT2D eigenvalue weighted by atomic mass is 16.3. The molecule has 1 heterocycles. The molecule has 2 rings (SSSR count). The third kappa shape index (κ3) is 2.01. The predicted octanol–water partition coefficient (Wildman–Crippen LogP) is 2.15. The van der Waals surface area contributed by atoms with Crippen molar-refractivity contribution in [2.75, 3.05) is 18.5 Å². The number of para-hydroxylation sites is 1. The van der Waals surface area contributed by atoms with Crippen molar-refractivity contribution in [1.82, 2.24) is 0 Å². The molecule has 1 unspecified atom stereocenters. The van der Waals surface area contributed by atoms with Gasteiger partial charge in [0.1, 0.15) is 17.9 Å². The van der Waals surface area contributed by atoms with Gasteiger partial charge < -0.3 is 10.0 Å². The number of nitrogens with zero attached hydrogens (tertiary/aromatic N) is 3. The summed E-state index contributed by atoms with van der Waals surface area (Å²) in [6.07, 6.45) is 0.652. The van der Waals surface area contributed by atoms with Crippen LogP contribution in [0.2, 0.25) is 0 Å². The Morgan fingerprint density at radius 1 is 1.33 bits per heavy atom. The molecule has 90 valence electrons. The second-order valence-electron chi connectivity index (χ2n) is 4.39. The lowest BCUT2D eigenvalue weighted by atomic mass is 9.90. The van der Waals surface area contributed by atoms with Crippen LogP contribution >= 0.6 is 0 Å². The van der Waals surface area contributed by atoms with Crippen LogP contribution in [0.1, 0.15) is 5.56 Å². The molecule has 4 heteroatoms. The van der Waals surface area contributed by atoms with E-state index in [1.807, 2.05) is 36.2 Å². The van der Waals surface area contributed by atoms with Crippen molar-refractivity contribution in [3.8, 4) is 12.1 Å². The lowest BCUT2D eigenvalue weighted by Crippen LogP contribution is -2.33. The van der Waals surface area contributed by atoms with Crippen molar-refractivity contribution in [3.05, 3.63) is 41.2 Å². The predicted molar refractivity (Wildman–Crippen MR) is 67.8 cm³/mol. The average Bonchev–Trinajstić information content (AvgIpc) is 2.40. The van der Waals surface area contributed by atoms with Gasteiger partial charge >= 0.3 is 0 Å². The van der Waals surface area contributed by atoms with Crippen LogP contribution in [-0.2, 0) is 6.42 Å². The van der Waals surface area contributed by atoms with Gasteiger partial charge in [-0.05, 0) is 18.1 Å². The number of rotatable bonds is 1. The largest absolute Gasteiger partial charge is 0.510 e. The number of benzene rings is 1. The molecular formula is C14H13N3O. The van der Waals surface area contributed by atoms with E-state index in [9.17, 15) is 5.11 Å². The molecule has 0 aliphatic carbocycles. The van der Waals surface area contributed by atoms with Gasteiger partial charge in [-0.2, -0.15) is 10.5 Å². The minimum Gasteiger partial charge on any atom is -0.510 e. The first-order valence-electron chi connectivity index (χ1n) is 5.69. The van der Waals surface area contributed by atoms with Gasteiger partial charge in [0.25, 0.3) is 0 Å². The number of fused-ring (bicyclic) bond motifs is 1. The van der Waals surface area contributed by atoms with Crippen molar-refractivity contribution in [3.63, 3.8) is 0 Å². The highest BCUT2D eigenvalue weighted by Crippen LogP contribution is 2.31. The van der Waals surface area contributed by atoms with Gasteiger partial charge in [-0.15, -0.1) is 0 Å². The van der Waals surface area contributed by atoms with Crippen LogP contribution in [0, 0.1) is 28.6 Å². The number of allylic oxidation sites excluding steroid dienone is 1. The molecule has 0 bridgehead atoms. The average molecular weight is 239 g/mol. The number of aliphatic hydroxyl groups excluding tert-OH is 1. The maximum absolute atomic E-state index is 9.99. The first kappa shape index (κ1) is 12.0. The minimum absolute atomic E-state index is 0.0960. The summed E-state index contributed by atoms with van der Waals surface area (Å²) >= 11 is 0. The zero-order chi connectivity index (χ0) is 13.1. The molecule has 0 fully saturated rings. The Bertz CT molecular complexity index is 561. The highest BCUT2D eigenvalue weighted by molar-refractivity contribution is 5.56. The molecule has 0 saturated carbocycles. The van der Waals surface area contributed by atoms with Crippen molar-refractivity contribution in [2.45, 2.75) is 6.42 Å². The number of hydrogen-bond donors (Lipinski definition) is 1. The Labute approximate surface area is 106 Å². The molecule has 0 aromatic heterocycles. The Kier molecular flexibility index (Phi) is 3.21. The molecule has 4 nitrogen and oxygen atoms in total. The molecule has 0 amide bonds. The van der Waals surface area contributed by atoms with Gasteiger partial charge in [-0.3, -0.25) is 0 Å². The molecule has 0 saturated heterocycles. The summed E-state index contributed by atoms with van der Waals surface area (Å²) in [4.78, 5) is 2.03. The molecule has 1 N–H and O–H groups in total. The maximum atomic E-state index is 9.99. The molecule has 0 radical (unpaired) electrons. The number of hydrogen-bond acceptors (Lipinski definition) is 4. The van der Waals surface area contributed by atoms with Crippen molar-refractivity contribution in [1.29, 1.82) is 10.5 Å².